The van der Waals surface area contributed by atoms with Crippen LogP contribution in [0.25, 0.3) is 0 Å². The van der Waals surface area contributed by atoms with E-state index in [1.807, 2.05) is 6.07 Å². The zero-order valence-corrected chi connectivity index (χ0v) is 22.3. The molecule has 1 unspecified atom stereocenters. The van der Waals surface area contributed by atoms with Gasteiger partial charge in [0.2, 0.25) is 5.91 Å². The summed E-state index contributed by atoms with van der Waals surface area (Å²) in [5.74, 6) is -1.23. The number of carboxylic acid groups (broad SMARTS) is 1. The lowest BCUT2D eigenvalue weighted by molar-refractivity contribution is -0.129. The van der Waals surface area contributed by atoms with Gasteiger partial charge >= 0.3 is 5.97 Å². The molecule has 2 aliphatic carbocycles. The maximum atomic E-state index is 14.0. The zero-order valence-electron chi connectivity index (χ0n) is 21.5. The van der Waals surface area contributed by atoms with Gasteiger partial charge in [0, 0.05) is 17.5 Å². The van der Waals surface area contributed by atoms with Crippen molar-refractivity contribution >= 4 is 28.9 Å². The number of thiophene rings is 1. The maximum Gasteiger partial charge on any atom is 0.348 e. The van der Waals surface area contributed by atoms with E-state index in [0.29, 0.717) is 31.1 Å². The van der Waals surface area contributed by atoms with Crippen LogP contribution in [0.2, 0.25) is 0 Å². The average molecular weight is 508 g/mol. The Balaban J connectivity index is 1.61. The lowest BCUT2D eigenvalue weighted by atomic mass is 9.79. The van der Waals surface area contributed by atoms with Crippen LogP contribution in [-0.2, 0) is 19.7 Å². The highest BCUT2D eigenvalue weighted by Gasteiger charge is 2.41. The number of aliphatic hydroxyl groups excluding tert-OH is 1. The van der Waals surface area contributed by atoms with Crippen LogP contribution in [0.15, 0.2) is 6.07 Å². The highest BCUT2D eigenvalue weighted by Crippen LogP contribution is 2.42. The van der Waals surface area contributed by atoms with Crippen LogP contribution in [-0.4, -0.2) is 59.7 Å². The Morgan fingerprint density at radius 1 is 1.09 bits per heavy atom. The summed E-state index contributed by atoms with van der Waals surface area (Å²) in [6, 6.07) is 1.80. The summed E-state index contributed by atoms with van der Waals surface area (Å²) in [5.41, 5.74) is 0.271. The van der Waals surface area contributed by atoms with Crippen LogP contribution in [0.4, 0.5) is 5.69 Å². The lowest BCUT2D eigenvalue weighted by Gasteiger charge is -2.41. The SMILES string of the molecule is C[C@@H]1CC[C@@H](C(=O)N(c2cc(C(C)(C)C)sc2C(=O)O)[C@H]2CC[C@H](OC3CCOC3)CC2)[C@@H](O)C1. The molecule has 1 saturated heterocycles. The molecule has 2 saturated carbocycles. The Labute approximate surface area is 212 Å². The molecule has 8 heteroatoms. The van der Waals surface area contributed by atoms with E-state index >= 15 is 0 Å². The first-order valence-electron chi connectivity index (χ1n) is 13.2. The molecule has 0 radical (unpaired) electrons. The van der Waals surface area contributed by atoms with Gasteiger partial charge in [-0.05, 0) is 68.8 Å². The standard InChI is InChI=1S/C27H41NO6S/c1-16-5-10-20(22(29)13-16)25(30)28(21-14-23(27(2,3)4)35-24(21)26(31)32)17-6-8-18(9-7-17)34-19-11-12-33-15-19/h14,16-20,22,29H,5-13,15H2,1-4H3,(H,31,32)/t16-,17-,18-,19?,20-,22+/m1/s1. The van der Waals surface area contributed by atoms with Gasteiger partial charge in [-0.1, -0.05) is 27.7 Å². The Morgan fingerprint density at radius 2 is 1.80 bits per heavy atom. The van der Waals surface area contributed by atoms with E-state index in [2.05, 4.69) is 27.7 Å². The van der Waals surface area contributed by atoms with Gasteiger partial charge in [0.05, 0.1) is 36.5 Å². The third-order valence-corrected chi connectivity index (χ3v) is 9.36. The molecule has 1 aromatic heterocycles. The molecular weight excluding hydrogens is 466 g/mol. The molecule has 0 bridgehead atoms. The predicted octanol–water partition coefficient (Wildman–Crippen LogP) is 4.99. The molecule has 3 aliphatic rings. The monoisotopic (exact) mass is 507 g/mol. The van der Waals surface area contributed by atoms with Gasteiger partial charge in [0.25, 0.3) is 0 Å². The van der Waals surface area contributed by atoms with Crippen LogP contribution < -0.4 is 4.90 Å². The van der Waals surface area contributed by atoms with Crippen LogP contribution in [0.1, 0.15) is 93.6 Å². The summed E-state index contributed by atoms with van der Waals surface area (Å²) in [5, 5.41) is 20.9. The first-order valence-corrected chi connectivity index (χ1v) is 14.0. The molecule has 0 spiro atoms. The number of amides is 1. The highest BCUT2D eigenvalue weighted by molar-refractivity contribution is 7.14. The zero-order chi connectivity index (χ0) is 25.3. The van der Waals surface area contributed by atoms with Crippen LogP contribution in [0, 0.1) is 11.8 Å². The molecule has 4 atom stereocenters. The van der Waals surface area contributed by atoms with Crippen molar-refractivity contribution in [2.75, 3.05) is 18.1 Å². The summed E-state index contributed by atoms with van der Waals surface area (Å²) in [6.45, 7) is 9.67. The first-order chi connectivity index (χ1) is 16.5. The molecule has 3 fully saturated rings. The summed E-state index contributed by atoms with van der Waals surface area (Å²) in [6.07, 6.45) is 5.83. The largest absolute Gasteiger partial charge is 0.477 e. The molecular formula is C27H41NO6S. The van der Waals surface area contributed by atoms with Gasteiger partial charge in [-0.25, -0.2) is 4.79 Å². The summed E-state index contributed by atoms with van der Waals surface area (Å²) in [4.78, 5) is 29.2. The van der Waals surface area contributed by atoms with Gasteiger partial charge in [0.1, 0.15) is 4.88 Å². The number of carboxylic acids is 1. The average Bonchev–Trinajstić information content (AvgIpc) is 3.45. The number of ether oxygens (including phenoxy) is 2. The fourth-order valence-corrected chi connectivity index (χ4v) is 6.77. The number of nitrogens with zero attached hydrogens (tertiary/aromatic N) is 1. The molecule has 2 N–H and O–H groups in total. The minimum Gasteiger partial charge on any atom is -0.477 e. The topological polar surface area (TPSA) is 96.3 Å². The number of hydrogen-bond donors (Lipinski definition) is 2. The second kappa shape index (κ2) is 10.9. The fourth-order valence-electron chi connectivity index (χ4n) is 5.73. The molecule has 196 valence electrons. The molecule has 35 heavy (non-hydrogen) atoms. The van der Waals surface area contributed by atoms with Crippen molar-refractivity contribution in [2.45, 2.75) is 109 Å². The number of aliphatic hydroxyl groups is 1. The third kappa shape index (κ3) is 6.09. The predicted molar refractivity (Wildman–Crippen MR) is 136 cm³/mol. The van der Waals surface area contributed by atoms with Crippen molar-refractivity contribution in [2.24, 2.45) is 11.8 Å². The molecule has 7 nitrogen and oxygen atoms in total. The van der Waals surface area contributed by atoms with Crippen LogP contribution >= 0.6 is 11.3 Å². The molecule has 2 heterocycles. The molecule has 0 aromatic carbocycles. The smallest absolute Gasteiger partial charge is 0.348 e. The molecule has 1 aromatic rings. The van der Waals surface area contributed by atoms with Gasteiger partial charge in [-0.2, -0.15) is 0 Å². The second-order valence-corrected chi connectivity index (χ2v) is 12.8. The van der Waals surface area contributed by atoms with E-state index in [1.165, 1.54) is 11.3 Å². The van der Waals surface area contributed by atoms with Crippen molar-refractivity contribution in [3.8, 4) is 0 Å². The minimum absolute atomic E-state index is 0.103. The van der Waals surface area contributed by atoms with Crippen molar-refractivity contribution in [3.63, 3.8) is 0 Å². The van der Waals surface area contributed by atoms with Gasteiger partial charge in [-0.3, -0.25) is 4.79 Å². The Morgan fingerprint density at radius 3 is 2.37 bits per heavy atom. The van der Waals surface area contributed by atoms with Crippen LogP contribution in [0.3, 0.4) is 0 Å². The Hall–Kier alpha value is -1.48. The molecule has 1 aliphatic heterocycles. The van der Waals surface area contributed by atoms with E-state index in [4.69, 9.17) is 9.47 Å². The van der Waals surface area contributed by atoms with Gasteiger partial charge < -0.3 is 24.6 Å². The summed E-state index contributed by atoms with van der Waals surface area (Å²) in [7, 11) is 0. The number of carbonyl (C=O) groups excluding carboxylic acids is 1. The quantitative estimate of drug-likeness (QED) is 0.563. The van der Waals surface area contributed by atoms with E-state index in [-0.39, 0.29) is 34.4 Å². The lowest BCUT2D eigenvalue weighted by Crippen LogP contribution is -2.50. The third-order valence-electron chi connectivity index (χ3n) is 7.82. The summed E-state index contributed by atoms with van der Waals surface area (Å²) >= 11 is 1.26. The maximum absolute atomic E-state index is 14.0. The van der Waals surface area contributed by atoms with Crippen molar-refractivity contribution in [3.05, 3.63) is 15.8 Å². The molecule has 1 amide bonds. The Kier molecular flexibility index (Phi) is 8.25. The van der Waals surface area contributed by atoms with E-state index in [0.717, 1.165) is 50.0 Å². The highest BCUT2D eigenvalue weighted by atomic mass is 32.1. The molecule has 4 rings (SSSR count). The van der Waals surface area contributed by atoms with Gasteiger partial charge in [0.15, 0.2) is 0 Å². The second-order valence-electron chi connectivity index (χ2n) is 11.7. The van der Waals surface area contributed by atoms with Crippen molar-refractivity contribution in [1.82, 2.24) is 0 Å². The Bertz CT molecular complexity index is 894. The number of carbonyl (C=O) groups is 2. The summed E-state index contributed by atoms with van der Waals surface area (Å²) < 4.78 is 11.7. The van der Waals surface area contributed by atoms with Gasteiger partial charge in [-0.15, -0.1) is 11.3 Å². The first kappa shape index (κ1) is 26.6. The number of rotatable bonds is 6. The number of anilines is 1. The van der Waals surface area contributed by atoms with E-state index < -0.39 is 18.0 Å². The number of hydrogen-bond acceptors (Lipinski definition) is 6. The van der Waals surface area contributed by atoms with Crippen molar-refractivity contribution in [1.29, 1.82) is 0 Å². The van der Waals surface area contributed by atoms with E-state index in [1.54, 1.807) is 4.90 Å². The van der Waals surface area contributed by atoms with Crippen molar-refractivity contribution < 1.29 is 29.3 Å². The van der Waals surface area contributed by atoms with E-state index in [9.17, 15) is 19.8 Å². The fraction of sp³-hybridized carbons (Fsp3) is 0.778. The minimum atomic E-state index is -1.01. The van der Waals surface area contributed by atoms with Crippen LogP contribution in [0.5, 0.6) is 0 Å². The normalized spacial score (nSPS) is 31.9. The number of aromatic carboxylic acids is 1.